The molecule has 2 rings (SSSR count). The van der Waals surface area contributed by atoms with Crippen LogP contribution < -0.4 is 10.6 Å². The molecule has 0 aromatic carbocycles. The third-order valence-electron chi connectivity index (χ3n) is 4.13. The first kappa shape index (κ1) is 17.7. The predicted molar refractivity (Wildman–Crippen MR) is 84.7 cm³/mol. The van der Waals surface area contributed by atoms with E-state index in [0.29, 0.717) is 5.92 Å². The first-order chi connectivity index (χ1) is 10.5. The fraction of sp³-hybridized carbons (Fsp3) is 0.812. The number of nitrogens with zero attached hydrogens (tertiary/aromatic N) is 1. The highest BCUT2D eigenvalue weighted by Crippen LogP contribution is 2.40. The lowest BCUT2D eigenvalue weighted by Gasteiger charge is -2.31. The van der Waals surface area contributed by atoms with Gasteiger partial charge in [0.2, 0.25) is 11.8 Å². The SMILES string of the molecule is CC(C)CC1C2C(C(=O)NC(C)(C)C)NC(CC(=O)O)C(=O)N12. The van der Waals surface area contributed by atoms with E-state index in [1.54, 1.807) is 4.90 Å². The van der Waals surface area contributed by atoms with Crippen LogP contribution >= 0.6 is 0 Å². The Morgan fingerprint density at radius 1 is 1.35 bits per heavy atom. The van der Waals surface area contributed by atoms with Crippen LogP contribution in [0.1, 0.15) is 47.5 Å². The molecule has 2 aliphatic rings. The topological polar surface area (TPSA) is 98.5 Å². The monoisotopic (exact) mass is 325 g/mol. The number of aliphatic carboxylic acids is 1. The number of hydrogen-bond acceptors (Lipinski definition) is 4. The van der Waals surface area contributed by atoms with Gasteiger partial charge in [0.1, 0.15) is 6.04 Å². The predicted octanol–water partition coefficient (Wildman–Crippen LogP) is 0.342. The third-order valence-corrected chi connectivity index (χ3v) is 4.13. The van der Waals surface area contributed by atoms with Crippen molar-refractivity contribution in [3.8, 4) is 0 Å². The van der Waals surface area contributed by atoms with Crippen molar-refractivity contribution in [3.05, 3.63) is 0 Å². The summed E-state index contributed by atoms with van der Waals surface area (Å²) in [6.45, 7) is 9.82. The molecule has 130 valence electrons. The van der Waals surface area contributed by atoms with Crippen LogP contribution in [0.2, 0.25) is 0 Å². The Bertz CT molecular complexity index is 512. The van der Waals surface area contributed by atoms with E-state index in [4.69, 9.17) is 5.11 Å². The summed E-state index contributed by atoms with van der Waals surface area (Å²) in [6.07, 6.45) is 0.507. The molecule has 0 aromatic rings. The minimum atomic E-state index is -1.05. The number of carboxylic acids is 1. The second kappa shape index (κ2) is 6.11. The van der Waals surface area contributed by atoms with E-state index in [9.17, 15) is 14.4 Å². The van der Waals surface area contributed by atoms with Gasteiger partial charge in [0.05, 0.1) is 24.5 Å². The number of rotatable bonds is 5. The smallest absolute Gasteiger partial charge is 0.305 e. The molecule has 7 heteroatoms. The van der Waals surface area contributed by atoms with E-state index in [-0.39, 0.29) is 35.9 Å². The van der Waals surface area contributed by atoms with Gasteiger partial charge in [-0.1, -0.05) is 13.8 Å². The van der Waals surface area contributed by atoms with Crippen molar-refractivity contribution in [2.24, 2.45) is 5.92 Å². The van der Waals surface area contributed by atoms with Crippen LogP contribution in [0, 0.1) is 5.92 Å². The van der Waals surface area contributed by atoms with E-state index in [1.807, 2.05) is 20.8 Å². The average Bonchev–Trinajstić information content (AvgIpc) is 3.03. The van der Waals surface area contributed by atoms with Gasteiger partial charge in [0.15, 0.2) is 0 Å². The maximum atomic E-state index is 12.6. The number of carboxylic acid groups (broad SMARTS) is 1. The van der Waals surface area contributed by atoms with Crippen LogP contribution in [0.5, 0.6) is 0 Å². The summed E-state index contributed by atoms with van der Waals surface area (Å²) in [5, 5.41) is 14.9. The lowest BCUT2D eigenvalue weighted by Crippen LogP contribution is -2.61. The molecule has 0 saturated carbocycles. The van der Waals surface area contributed by atoms with Gasteiger partial charge in [-0.05, 0) is 33.1 Å². The summed E-state index contributed by atoms with van der Waals surface area (Å²) in [5.74, 6) is -1.03. The largest absolute Gasteiger partial charge is 0.481 e. The second-order valence-corrected chi connectivity index (χ2v) is 7.97. The van der Waals surface area contributed by atoms with Crippen LogP contribution in [0.3, 0.4) is 0 Å². The quantitative estimate of drug-likeness (QED) is 0.633. The van der Waals surface area contributed by atoms with E-state index >= 15 is 0 Å². The highest BCUT2D eigenvalue weighted by Gasteiger charge is 2.61. The standard InChI is InChI=1S/C16H27N3O4/c1-8(2)6-10-13-12(14(22)18-16(3,4)5)17-9(7-11(20)21)15(23)19(10)13/h8-10,12-13,17H,6-7H2,1-5H3,(H,18,22)(H,20,21). The minimum Gasteiger partial charge on any atom is -0.481 e. The Balaban J connectivity index is 2.17. The Hall–Kier alpha value is -1.63. The maximum absolute atomic E-state index is 12.6. The molecule has 3 N–H and O–H groups in total. The Kier molecular flexibility index (Phi) is 4.71. The van der Waals surface area contributed by atoms with E-state index < -0.39 is 18.1 Å². The van der Waals surface area contributed by atoms with Gasteiger partial charge in [0.25, 0.3) is 0 Å². The summed E-state index contributed by atoms with van der Waals surface area (Å²) in [6, 6.07) is -1.54. The number of nitrogens with one attached hydrogen (secondary N) is 2. The van der Waals surface area contributed by atoms with Crippen molar-refractivity contribution in [3.63, 3.8) is 0 Å². The molecule has 4 atom stereocenters. The van der Waals surface area contributed by atoms with Crippen molar-refractivity contribution in [1.29, 1.82) is 0 Å². The maximum Gasteiger partial charge on any atom is 0.305 e. The molecular weight excluding hydrogens is 298 g/mol. The van der Waals surface area contributed by atoms with Crippen molar-refractivity contribution < 1.29 is 19.5 Å². The first-order valence-corrected chi connectivity index (χ1v) is 8.13. The normalized spacial score (nSPS) is 30.2. The van der Waals surface area contributed by atoms with Crippen molar-refractivity contribution in [2.75, 3.05) is 0 Å². The number of fused-ring (bicyclic) bond motifs is 1. The zero-order valence-electron chi connectivity index (χ0n) is 14.4. The van der Waals surface area contributed by atoms with Gasteiger partial charge in [-0.25, -0.2) is 0 Å². The van der Waals surface area contributed by atoms with Gasteiger partial charge in [-0.15, -0.1) is 0 Å². The molecule has 0 radical (unpaired) electrons. The number of carbonyl (C=O) groups excluding carboxylic acids is 2. The van der Waals surface area contributed by atoms with Crippen molar-refractivity contribution in [2.45, 2.75) is 77.2 Å². The summed E-state index contributed by atoms with van der Waals surface area (Å²) in [5.41, 5.74) is -0.379. The Morgan fingerprint density at radius 3 is 2.43 bits per heavy atom. The molecule has 2 amide bonds. The molecule has 2 fully saturated rings. The van der Waals surface area contributed by atoms with Crippen LogP contribution in [0.15, 0.2) is 0 Å². The summed E-state index contributed by atoms with van der Waals surface area (Å²) in [4.78, 5) is 37.7. The van der Waals surface area contributed by atoms with E-state index in [1.165, 1.54) is 0 Å². The van der Waals surface area contributed by atoms with Crippen LogP contribution in [0.4, 0.5) is 0 Å². The van der Waals surface area contributed by atoms with Crippen LogP contribution in [-0.2, 0) is 14.4 Å². The number of amides is 2. The van der Waals surface area contributed by atoms with Gasteiger partial charge < -0.3 is 15.3 Å². The molecule has 4 unspecified atom stereocenters. The summed E-state index contributed by atoms with van der Waals surface area (Å²) >= 11 is 0. The number of piperazine rings is 1. The first-order valence-electron chi connectivity index (χ1n) is 8.13. The van der Waals surface area contributed by atoms with Crippen molar-refractivity contribution in [1.82, 2.24) is 15.5 Å². The fourth-order valence-electron chi connectivity index (χ4n) is 3.30. The van der Waals surface area contributed by atoms with E-state index in [2.05, 4.69) is 24.5 Å². The molecule has 2 heterocycles. The zero-order valence-corrected chi connectivity index (χ0v) is 14.4. The molecule has 0 bridgehead atoms. The highest BCUT2D eigenvalue weighted by atomic mass is 16.4. The van der Waals surface area contributed by atoms with E-state index in [0.717, 1.165) is 6.42 Å². The second-order valence-electron chi connectivity index (χ2n) is 7.97. The van der Waals surface area contributed by atoms with Gasteiger partial charge in [-0.2, -0.15) is 0 Å². The molecule has 0 spiro atoms. The highest BCUT2D eigenvalue weighted by molar-refractivity contribution is 5.94. The van der Waals surface area contributed by atoms with Crippen LogP contribution in [-0.4, -0.2) is 57.5 Å². The molecular formula is C16H27N3O4. The Morgan fingerprint density at radius 2 is 1.96 bits per heavy atom. The Labute approximate surface area is 136 Å². The van der Waals surface area contributed by atoms with Gasteiger partial charge in [-0.3, -0.25) is 19.7 Å². The third kappa shape index (κ3) is 4.02. The summed E-state index contributed by atoms with van der Waals surface area (Å²) in [7, 11) is 0. The molecule has 2 saturated heterocycles. The molecule has 2 aliphatic heterocycles. The van der Waals surface area contributed by atoms with Crippen molar-refractivity contribution >= 4 is 17.8 Å². The minimum absolute atomic E-state index is 0.0181. The molecule has 23 heavy (non-hydrogen) atoms. The lowest BCUT2D eigenvalue weighted by molar-refractivity contribution is -0.143. The molecule has 0 aliphatic carbocycles. The zero-order chi connectivity index (χ0) is 17.5. The molecule has 0 aromatic heterocycles. The van der Waals surface area contributed by atoms with Gasteiger partial charge in [0, 0.05) is 5.54 Å². The lowest BCUT2D eigenvalue weighted by atomic mass is 10.00. The summed E-state index contributed by atoms with van der Waals surface area (Å²) < 4.78 is 0. The van der Waals surface area contributed by atoms with Crippen LogP contribution in [0.25, 0.3) is 0 Å². The van der Waals surface area contributed by atoms with Gasteiger partial charge >= 0.3 is 5.97 Å². The number of hydrogen-bond donors (Lipinski definition) is 3. The molecule has 7 nitrogen and oxygen atoms in total. The fourth-order valence-corrected chi connectivity index (χ4v) is 3.30. The average molecular weight is 325 g/mol. The number of carbonyl (C=O) groups is 3.